The minimum atomic E-state index is -4.54. The van der Waals surface area contributed by atoms with Crippen molar-refractivity contribution in [3.8, 4) is 0 Å². The fourth-order valence-corrected chi connectivity index (χ4v) is 4.12. The normalized spacial score (nSPS) is 18.6. The number of carbonyl (C=O) groups is 2. The molecule has 0 aromatic carbocycles. The van der Waals surface area contributed by atoms with Gasteiger partial charge in [-0.2, -0.15) is 13.2 Å². The molecule has 1 fully saturated rings. The molecule has 1 N–H and O–H groups in total. The highest BCUT2D eigenvalue weighted by Gasteiger charge is 2.34. The van der Waals surface area contributed by atoms with Gasteiger partial charge in [-0.3, -0.25) is 9.59 Å². The minimum Gasteiger partial charge on any atom is -0.481 e. The molecular formula is C16H15F3N2O3S. The number of carboxylic acid groups (broad SMARTS) is 1. The smallest absolute Gasteiger partial charge is 0.433 e. The van der Waals surface area contributed by atoms with E-state index in [0.717, 1.165) is 17.4 Å². The summed E-state index contributed by atoms with van der Waals surface area (Å²) in [7, 11) is 0. The first kappa shape index (κ1) is 17.7. The number of nitrogens with zero attached hydrogens (tertiary/aromatic N) is 2. The zero-order chi connectivity index (χ0) is 18.4. The molecule has 134 valence electrons. The lowest BCUT2D eigenvalue weighted by Gasteiger charge is -2.30. The number of aromatic nitrogens is 1. The summed E-state index contributed by atoms with van der Waals surface area (Å²) in [6.07, 6.45) is -3.44. The zero-order valence-electron chi connectivity index (χ0n) is 13.3. The largest absolute Gasteiger partial charge is 0.481 e. The maximum absolute atomic E-state index is 12.8. The van der Waals surface area contributed by atoms with E-state index in [2.05, 4.69) is 4.98 Å². The van der Waals surface area contributed by atoms with Gasteiger partial charge in [-0.25, -0.2) is 4.98 Å². The van der Waals surface area contributed by atoms with Crippen LogP contribution in [0.4, 0.5) is 13.2 Å². The molecule has 5 nitrogen and oxygen atoms in total. The van der Waals surface area contributed by atoms with Gasteiger partial charge in [-0.05, 0) is 37.5 Å². The van der Waals surface area contributed by atoms with E-state index in [-0.39, 0.29) is 17.3 Å². The fourth-order valence-electron chi connectivity index (χ4n) is 2.97. The number of halogens is 3. The number of fused-ring (bicyclic) bond motifs is 1. The number of amides is 1. The van der Waals surface area contributed by atoms with Crippen LogP contribution in [0.5, 0.6) is 0 Å². The van der Waals surface area contributed by atoms with Crippen LogP contribution in [0.15, 0.2) is 12.1 Å². The molecule has 2 aromatic heterocycles. The third-order valence-corrected chi connectivity index (χ3v) is 5.54. The van der Waals surface area contributed by atoms with Gasteiger partial charge < -0.3 is 10.0 Å². The lowest BCUT2D eigenvalue weighted by atomic mass is 9.98. The third kappa shape index (κ3) is 3.33. The van der Waals surface area contributed by atoms with Gasteiger partial charge in [0.25, 0.3) is 5.91 Å². The van der Waals surface area contributed by atoms with Crippen molar-refractivity contribution in [2.45, 2.75) is 25.9 Å². The molecule has 2 aromatic rings. The molecule has 0 unspecified atom stereocenters. The summed E-state index contributed by atoms with van der Waals surface area (Å²) in [4.78, 5) is 29.4. The Labute approximate surface area is 145 Å². The molecule has 1 atom stereocenters. The van der Waals surface area contributed by atoms with E-state index in [1.165, 1.54) is 11.0 Å². The van der Waals surface area contributed by atoms with Crippen LogP contribution in [0.25, 0.3) is 10.2 Å². The molecule has 0 bridgehead atoms. The average molecular weight is 372 g/mol. The van der Waals surface area contributed by atoms with Crippen molar-refractivity contribution in [3.63, 3.8) is 0 Å². The Balaban J connectivity index is 1.94. The van der Waals surface area contributed by atoms with E-state index in [4.69, 9.17) is 5.11 Å². The monoisotopic (exact) mass is 372 g/mol. The first-order chi connectivity index (χ1) is 11.7. The minimum absolute atomic E-state index is 0.114. The van der Waals surface area contributed by atoms with E-state index in [1.807, 2.05) is 0 Å². The second-order valence-corrected chi connectivity index (χ2v) is 7.03. The predicted octanol–water partition coefficient (Wildman–Crippen LogP) is 3.56. The van der Waals surface area contributed by atoms with Crippen molar-refractivity contribution in [1.82, 2.24) is 9.88 Å². The maximum atomic E-state index is 12.8. The van der Waals surface area contributed by atoms with Gasteiger partial charge in [0.2, 0.25) is 0 Å². The highest BCUT2D eigenvalue weighted by molar-refractivity contribution is 7.20. The summed E-state index contributed by atoms with van der Waals surface area (Å²) in [5.41, 5.74) is -0.423. The highest BCUT2D eigenvalue weighted by Crippen LogP contribution is 2.35. The standard InChI is InChI=1S/C16H15F3N2O3S/c1-8-10-4-5-11(16(17,18)19)20-13(10)25-12(8)14(22)21-6-2-3-9(7-21)15(23)24/h4-5,9H,2-3,6-7H2,1H3,(H,23,24)/t9-/m0/s1. The van der Waals surface area contributed by atoms with E-state index < -0.39 is 23.8 Å². The van der Waals surface area contributed by atoms with Crippen molar-refractivity contribution in [2.24, 2.45) is 5.92 Å². The predicted molar refractivity (Wildman–Crippen MR) is 85.6 cm³/mol. The van der Waals surface area contributed by atoms with E-state index >= 15 is 0 Å². The van der Waals surface area contributed by atoms with Gasteiger partial charge in [0.1, 0.15) is 10.5 Å². The molecule has 0 saturated carbocycles. The van der Waals surface area contributed by atoms with Gasteiger partial charge in [0.15, 0.2) is 0 Å². The summed E-state index contributed by atoms with van der Waals surface area (Å²) < 4.78 is 38.4. The number of aliphatic carboxylic acids is 1. The second-order valence-electron chi connectivity index (χ2n) is 6.03. The van der Waals surface area contributed by atoms with Crippen molar-refractivity contribution in [2.75, 3.05) is 13.1 Å². The van der Waals surface area contributed by atoms with Crippen LogP contribution in [0.3, 0.4) is 0 Å². The number of carbonyl (C=O) groups excluding carboxylic acids is 1. The molecular weight excluding hydrogens is 357 g/mol. The second kappa shape index (κ2) is 6.29. The molecule has 0 aliphatic carbocycles. The molecule has 9 heteroatoms. The average Bonchev–Trinajstić information content (AvgIpc) is 2.90. The molecule has 1 aliphatic heterocycles. The Bertz CT molecular complexity index is 847. The first-order valence-corrected chi connectivity index (χ1v) is 8.49. The number of likely N-dealkylation sites (tertiary alicyclic amines) is 1. The summed E-state index contributed by atoms with van der Waals surface area (Å²) in [5.74, 6) is -1.90. The van der Waals surface area contributed by atoms with E-state index in [9.17, 15) is 22.8 Å². The van der Waals surface area contributed by atoms with Crippen molar-refractivity contribution < 1.29 is 27.9 Å². The molecule has 0 radical (unpaired) electrons. The van der Waals surface area contributed by atoms with Gasteiger partial charge in [-0.1, -0.05) is 0 Å². The lowest BCUT2D eigenvalue weighted by molar-refractivity contribution is -0.143. The van der Waals surface area contributed by atoms with Crippen LogP contribution in [0.2, 0.25) is 0 Å². The molecule has 3 rings (SSSR count). The van der Waals surface area contributed by atoms with Crippen LogP contribution >= 0.6 is 11.3 Å². The fraction of sp³-hybridized carbons (Fsp3) is 0.438. The Hall–Kier alpha value is -2.16. The Morgan fingerprint density at radius 2 is 2.08 bits per heavy atom. The summed E-state index contributed by atoms with van der Waals surface area (Å²) >= 11 is 0.916. The quantitative estimate of drug-likeness (QED) is 0.875. The van der Waals surface area contributed by atoms with Crippen molar-refractivity contribution >= 4 is 33.4 Å². The zero-order valence-corrected chi connectivity index (χ0v) is 14.1. The topological polar surface area (TPSA) is 70.5 Å². The van der Waals surface area contributed by atoms with Crippen LogP contribution in [-0.2, 0) is 11.0 Å². The molecule has 25 heavy (non-hydrogen) atoms. The summed E-state index contributed by atoms with van der Waals surface area (Å²) in [6.45, 7) is 2.22. The molecule has 1 saturated heterocycles. The number of alkyl halides is 3. The van der Waals surface area contributed by atoms with Crippen LogP contribution in [0.1, 0.15) is 33.8 Å². The van der Waals surface area contributed by atoms with E-state index in [1.54, 1.807) is 6.92 Å². The lowest BCUT2D eigenvalue weighted by Crippen LogP contribution is -2.42. The molecule has 1 aliphatic rings. The summed E-state index contributed by atoms with van der Waals surface area (Å²) in [6, 6.07) is 2.22. The van der Waals surface area contributed by atoms with Crippen molar-refractivity contribution in [1.29, 1.82) is 0 Å². The van der Waals surface area contributed by atoms with Gasteiger partial charge in [0.05, 0.1) is 10.8 Å². The number of rotatable bonds is 2. The van der Waals surface area contributed by atoms with Crippen molar-refractivity contribution in [3.05, 3.63) is 28.3 Å². The van der Waals surface area contributed by atoms with E-state index in [0.29, 0.717) is 35.2 Å². The Morgan fingerprint density at radius 3 is 2.72 bits per heavy atom. The van der Waals surface area contributed by atoms with Gasteiger partial charge in [0, 0.05) is 18.5 Å². The number of thiophene rings is 1. The first-order valence-electron chi connectivity index (χ1n) is 7.68. The summed E-state index contributed by atoms with van der Waals surface area (Å²) in [5, 5.41) is 9.64. The third-order valence-electron chi connectivity index (χ3n) is 4.35. The van der Waals surface area contributed by atoms with Gasteiger partial charge >= 0.3 is 12.1 Å². The Morgan fingerprint density at radius 1 is 1.36 bits per heavy atom. The number of hydrogen-bond acceptors (Lipinski definition) is 4. The molecule has 0 spiro atoms. The highest BCUT2D eigenvalue weighted by atomic mass is 32.1. The number of pyridine rings is 1. The number of piperidine rings is 1. The number of hydrogen-bond donors (Lipinski definition) is 1. The maximum Gasteiger partial charge on any atom is 0.433 e. The molecule has 3 heterocycles. The number of aryl methyl sites for hydroxylation is 1. The molecule has 1 amide bonds. The van der Waals surface area contributed by atoms with Gasteiger partial charge in [-0.15, -0.1) is 11.3 Å². The number of carboxylic acids is 1. The SMILES string of the molecule is Cc1c(C(=O)N2CCC[C@H](C(=O)O)C2)sc2nc(C(F)(F)F)ccc12. The van der Waals surface area contributed by atoms with Crippen LogP contribution in [-0.4, -0.2) is 40.0 Å². The van der Waals surface area contributed by atoms with Crippen LogP contribution in [0, 0.1) is 12.8 Å². The Kier molecular flexibility index (Phi) is 4.44. The van der Waals surface area contributed by atoms with Crippen LogP contribution < -0.4 is 0 Å².